The minimum atomic E-state index is 0.547. The lowest BCUT2D eigenvalue weighted by Gasteiger charge is -2.08. The van der Waals surface area contributed by atoms with Crippen LogP contribution in [0.1, 0.15) is 5.56 Å². The summed E-state index contributed by atoms with van der Waals surface area (Å²) in [4.78, 5) is 8.33. The van der Waals surface area contributed by atoms with E-state index in [1.54, 1.807) is 11.3 Å². The number of nitrogen functional groups attached to an aromatic ring is 1. The number of fused-ring (bicyclic) bond motifs is 1. The molecule has 0 bridgehead atoms. The van der Waals surface area contributed by atoms with Crippen molar-refractivity contribution in [2.75, 3.05) is 5.73 Å². The van der Waals surface area contributed by atoms with Crippen LogP contribution in [0.15, 0.2) is 36.0 Å². The number of aryl methyl sites for hydroxylation is 1. The van der Waals surface area contributed by atoms with E-state index >= 15 is 0 Å². The van der Waals surface area contributed by atoms with Crippen molar-refractivity contribution in [1.29, 1.82) is 0 Å². The molecule has 0 saturated carbocycles. The molecule has 0 unspecified atom stereocenters. The molecule has 4 nitrogen and oxygen atoms in total. The number of thiophene rings is 1. The zero-order chi connectivity index (χ0) is 12.5. The molecule has 3 rings (SSSR count). The van der Waals surface area contributed by atoms with Crippen LogP contribution in [-0.2, 0) is 0 Å². The van der Waals surface area contributed by atoms with E-state index in [2.05, 4.69) is 9.97 Å². The molecule has 0 radical (unpaired) electrons. The van der Waals surface area contributed by atoms with Gasteiger partial charge in [-0.05, 0) is 36.1 Å². The Kier molecular flexibility index (Phi) is 2.60. The fourth-order valence-corrected chi connectivity index (χ4v) is 2.47. The molecule has 3 aromatic rings. The van der Waals surface area contributed by atoms with Crippen molar-refractivity contribution in [1.82, 2.24) is 9.97 Å². The number of anilines is 1. The SMILES string of the molecule is Cc1ccc(Oc2ncnc3ccsc23)c(N)c1. The summed E-state index contributed by atoms with van der Waals surface area (Å²) in [5, 5.41) is 1.96. The van der Waals surface area contributed by atoms with Gasteiger partial charge in [-0.2, -0.15) is 0 Å². The summed E-state index contributed by atoms with van der Waals surface area (Å²) in [6.07, 6.45) is 1.49. The number of ether oxygens (including phenoxy) is 1. The number of hydrogen-bond donors (Lipinski definition) is 1. The monoisotopic (exact) mass is 257 g/mol. The fraction of sp³-hybridized carbons (Fsp3) is 0.0769. The summed E-state index contributed by atoms with van der Waals surface area (Å²) < 4.78 is 6.70. The van der Waals surface area contributed by atoms with Gasteiger partial charge >= 0.3 is 0 Å². The molecule has 0 saturated heterocycles. The zero-order valence-electron chi connectivity index (χ0n) is 9.75. The summed E-state index contributed by atoms with van der Waals surface area (Å²) in [6.45, 7) is 1.99. The van der Waals surface area contributed by atoms with Crippen molar-refractivity contribution in [2.24, 2.45) is 0 Å². The lowest BCUT2D eigenvalue weighted by Crippen LogP contribution is -1.94. The third kappa shape index (κ3) is 1.89. The standard InChI is InChI=1S/C13H11N3OS/c1-8-2-3-11(9(14)6-8)17-13-12-10(4-5-18-12)15-7-16-13/h2-7H,14H2,1H3. The fourth-order valence-electron chi connectivity index (χ4n) is 1.70. The van der Waals surface area contributed by atoms with E-state index in [1.165, 1.54) is 6.33 Å². The largest absolute Gasteiger partial charge is 0.435 e. The average Bonchev–Trinajstić information content (AvgIpc) is 2.82. The van der Waals surface area contributed by atoms with Crippen LogP contribution in [0.4, 0.5) is 5.69 Å². The molecule has 90 valence electrons. The molecule has 2 heterocycles. The molecular weight excluding hydrogens is 246 g/mol. The normalized spacial score (nSPS) is 10.7. The van der Waals surface area contributed by atoms with Crippen LogP contribution in [0.3, 0.4) is 0 Å². The van der Waals surface area contributed by atoms with Gasteiger partial charge in [-0.3, -0.25) is 0 Å². The minimum absolute atomic E-state index is 0.547. The predicted octanol–water partition coefficient (Wildman–Crippen LogP) is 3.37. The number of hydrogen-bond acceptors (Lipinski definition) is 5. The molecule has 2 aromatic heterocycles. The van der Waals surface area contributed by atoms with E-state index in [4.69, 9.17) is 10.5 Å². The number of nitrogens with two attached hydrogens (primary N) is 1. The van der Waals surface area contributed by atoms with E-state index < -0.39 is 0 Å². The third-order valence-corrected chi connectivity index (χ3v) is 3.47. The first-order valence-electron chi connectivity index (χ1n) is 5.46. The zero-order valence-corrected chi connectivity index (χ0v) is 10.6. The van der Waals surface area contributed by atoms with Gasteiger partial charge in [-0.25, -0.2) is 9.97 Å². The van der Waals surface area contributed by atoms with Crippen LogP contribution in [-0.4, -0.2) is 9.97 Å². The second-order valence-electron chi connectivity index (χ2n) is 3.96. The summed E-state index contributed by atoms with van der Waals surface area (Å²) in [5.41, 5.74) is 8.52. The Morgan fingerprint density at radius 1 is 1.22 bits per heavy atom. The van der Waals surface area contributed by atoms with Gasteiger partial charge in [0.05, 0.1) is 11.2 Å². The van der Waals surface area contributed by atoms with E-state index in [0.29, 0.717) is 17.3 Å². The van der Waals surface area contributed by atoms with Crippen LogP contribution in [0.25, 0.3) is 10.2 Å². The van der Waals surface area contributed by atoms with Gasteiger partial charge in [0, 0.05) is 0 Å². The lowest BCUT2D eigenvalue weighted by atomic mass is 10.2. The molecule has 0 aliphatic heterocycles. The first-order valence-corrected chi connectivity index (χ1v) is 6.34. The number of rotatable bonds is 2. The van der Waals surface area contributed by atoms with Crippen LogP contribution < -0.4 is 10.5 Å². The lowest BCUT2D eigenvalue weighted by molar-refractivity contribution is 0.471. The molecule has 0 atom stereocenters. The highest BCUT2D eigenvalue weighted by Crippen LogP contribution is 2.33. The Labute approximate surface area is 108 Å². The molecule has 0 fully saturated rings. The van der Waals surface area contributed by atoms with Crippen LogP contribution in [0.5, 0.6) is 11.6 Å². The van der Waals surface area contributed by atoms with Gasteiger partial charge in [0.15, 0.2) is 5.75 Å². The van der Waals surface area contributed by atoms with Crippen LogP contribution in [0, 0.1) is 6.92 Å². The van der Waals surface area contributed by atoms with Gasteiger partial charge in [0.25, 0.3) is 0 Å². The highest BCUT2D eigenvalue weighted by Gasteiger charge is 2.09. The quantitative estimate of drug-likeness (QED) is 0.715. The number of aromatic nitrogens is 2. The second-order valence-corrected chi connectivity index (χ2v) is 4.87. The van der Waals surface area contributed by atoms with E-state index in [0.717, 1.165) is 15.8 Å². The Bertz CT molecular complexity index is 708. The van der Waals surface area contributed by atoms with Crippen LogP contribution in [0.2, 0.25) is 0 Å². The summed E-state index contributed by atoms with van der Waals surface area (Å²) in [7, 11) is 0. The van der Waals surface area contributed by atoms with Gasteiger partial charge < -0.3 is 10.5 Å². The molecule has 0 amide bonds. The molecule has 5 heteroatoms. The maximum atomic E-state index is 5.92. The molecule has 2 N–H and O–H groups in total. The van der Waals surface area contributed by atoms with E-state index in [1.807, 2.05) is 36.6 Å². The van der Waals surface area contributed by atoms with Crippen molar-refractivity contribution < 1.29 is 4.74 Å². The number of nitrogens with zero attached hydrogens (tertiary/aromatic N) is 2. The average molecular weight is 257 g/mol. The van der Waals surface area contributed by atoms with Crippen molar-refractivity contribution >= 4 is 27.2 Å². The molecule has 0 aliphatic rings. The summed E-state index contributed by atoms with van der Waals surface area (Å²) >= 11 is 1.55. The first-order chi connectivity index (χ1) is 8.74. The Hall–Kier alpha value is -2.14. The molecular formula is C13H11N3OS. The molecule has 0 aliphatic carbocycles. The Balaban J connectivity index is 2.03. The van der Waals surface area contributed by atoms with Gasteiger partial charge in [-0.15, -0.1) is 11.3 Å². The maximum absolute atomic E-state index is 5.92. The third-order valence-electron chi connectivity index (χ3n) is 2.58. The minimum Gasteiger partial charge on any atom is -0.435 e. The smallest absolute Gasteiger partial charge is 0.240 e. The summed E-state index contributed by atoms with van der Waals surface area (Å²) in [5.74, 6) is 1.17. The topological polar surface area (TPSA) is 61.0 Å². The maximum Gasteiger partial charge on any atom is 0.240 e. The van der Waals surface area contributed by atoms with Gasteiger partial charge in [-0.1, -0.05) is 6.07 Å². The van der Waals surface area contributed by atoms with E-state index in [-0.39, 0.29) is 0 Å². The Morgan fingerprint density at radius 2 is 2.11 bits per heavy atom. The van der Waals surface area contributed by atoms with Crippen molar-refractivity contribution in [3.8, 4) is 11.6 Å². The molecule has 0 spiro atoms. The Morgan fingerprint density at radius 3 is 2.94 bits per heavy atom. The van der Waals surface area contributed by atoms with Crippen molar-refractivity contribution in [3.63, 3.8) is 0 Å². The summed E-state index contributed by atoms with van der Waals surface area (Å²) in [6, 6.07) is 7.62. The van der Waals surface area contributed by atoms with Crippen LogP contribution >= 0.6 is 11.3 Å². The highest BCUT2D eigenvalue weighted by molar-refractivity contribution is 7.17. The number of benzene rings is 1. The molecule has 18 heavy (non-hydrogen) atoms. The predicted molar refractivity (Wildman–Crippen MR) is 73.1 cm³/mol. The van der Waals surface area contributed by atoms with Crippen molar-refractivity contribution in [2.45, 2.75) is 6.92 Å². The van der Waals surface area contributed by atoms with E-state index in [9.17, 15) is 0 Å². The van der Waals surface area contributed by atoms with Gasteiger partial charge in [0.2, 0.25) is 5.88 Å². The van der Waals surface area contributed by atoms with Gasteiger partial charge in [0.1, 0.15) is 11.0 Å². The second kappa shape index (κ2) is 4.27. The molecule has 1 aromatic carbocycles. The van der Waals surface area contributed by atoms with Crippen molar-refractivity contribution in [3.05, 3.63) is 41.5 Å². The first kappa shape index (κ1) is 11.0. The highest BCUT2D eigenvalue weighted by atomic mass is 32.1.